The van der Waals surface area contributed by atoms with Crippen LogP contribution in [0.5, 0.6) is 5.75 Å². The van der Waals surface area contributed by atoms with Gasteiger partial charge in [0, 0.05) is 30.6 Å². The van der Waals surface area contributed by atoms with E-state index in [2.05, 4.69) is 26.0 Å². The molecule has 0 spiro atoms. The van der Waals surface area contributed by atoms with Gasteiger partial charge in [-0.3, -0.25) is 0 Å². The molecule has 4 atom stereocenters. The number of aromatic hydroxyl groups is 1. The zero-order valence-electron chi connectivity index (χ0n) is 15.5. The molecule has 1 heterocycles. The van der Waals surface area contributed by atoms with Crippen LogP contribution in [-0.2, 0) is 11.8 Å². The molecule has 2 aliphatic rings. The Morgan fingerprint density at radius 2 is 2.04 bits per heavy atom. The fraction of sp³-hybridized carbons (Fsp3) is 0.667. The Morgan fingerprint density at radius 1 is 1.28 bits per heavy atom. The first kappa shape index (κ1) is 20.1. The number of quaternary nitrogens is 1. The maximum atomic E-state index is 9.92. The summed E-state index contributed by atoms with van der Waals surface area (Å²) in [7, 11) is 0. The molecule has 4 heteroatoms. The smallest absolute Gasteiger partial charge is 0.115 e. The lowest BCUT2D eigenvalue weighted by atomic mass is 9.59. The SMILES string of the molecule is C[C@H]1[C@@H]2Cc3ccc(O)cc3[C@@]1(C)CC[NH+]2CCCCCCC#N.[Cl-]. The number of piperidine rings is 1. The molecule has 1 aliphatic carbocycles. The lowest BCUT2D eigenvalue weighted by Gasteiger charge is -2.52. The van der Waals surface area contributed by atoms with Gasteiger partial charge < -0.3 is 22.4 Å². The second-order valence-electron chi connectivity index (χ2n) is 8.09. The molecule has 25 heavy (non-hydrogen) atoms. The Hall–Kier alpha value is -1.24. The maximum Gasteiger partial charge on any atom is 0.115 e. The number of nitriles is 1. The van der Waals surface area contributed by atoms with Gasteiger partial charge in [0.1, 0.15) is 5.75 Å². The fourth-order valence-corrected chi connectivity index (χ4v) is 5.06. The maximum absolute atomic E-state index is 9.92. The van der Waals surface area contributed by atoms with Crippen molar-refractivity contribution in [1.29, 1.82) is 5.26 Å². The highest BCUT2D eigenvalue weighted by molar-refractivity contribution is 5.43. The second-order valence-corrected chi connectivity index (χ2v) is 8.09. The summed E-state index contributed by atoms with van der Waals surface area (Å²) in [5.41, 5.74) is 3.05. The molecule has 3 rings (SSSR count). The number of phenolic OH excluding ortho intramolecular Hbond substituents is 1. The van der Waals surface area contributed by atoms with Crippen molar-refractivity contribution in [2.24, 2.45) is 5.92 Å². The lowest BCUT2D eigenvalue weighted by molar-refractivity contribution is -0.937. The summed E-state index contributed by atoms with van der Waals surface area (Å²) in [6.07, 6.45) is 7.86. The molecule has 1 unspecified atom stereocenters. The van der Waals surface area contributed by atoms with E-state index in [1.165, 1.54) is 49.9 Å². The Labute approximate surface area is 158 Å². The molecular formula is C21H31ClN2O. The van der Waals surface area contributed by atoms with E-state index in [1.54, 1.807) is 4.90 Å². The van der Waals surface area contributed by atoms with Crippen LogP contribution in [-0.4, -0.2) is 24.2 Å². The van der Waals surface area contributed by atoms with E-state index in [0.29, 0.717) is 24.1 Å². The van der Waals surface area contributed by atoms with Crippen LogP contribution in [0.3, 0.4) is 0 Å². The average Bonchev–Trinajstić information content (AvgIpc) is 2.56. The molecule has 0 saturated carbocycles. The number of nitrogens with zero attached hydrogens (tertiary/aromatic N) is 1. The average molecular weight is 363 g/mol. The molecule has 0 amide bonds. The van der Waals surface area contributed by atoms with E-state index < -0.39 is 0 Å². The largest absolute Gasteiger partial charge is 1.00 e. The quantitative estimate of drug-likeness (QED) is 0.699. The minimum atomic E-state index is 0. The molecule has 1 aromatic carbocycles. The molecule has 3 nitrogen and oxygen atoms in total. The van der Waals surface area contributed by atoms with E-state index in [9.17, 15) is 5.11 Å². The predicted octanol–water partition coefficient (Wildman–Crippen LogP) is -0.0226. The highest BCUT2D eigenvalue weighted by Gasteiger charge is 2.50. The normalized spacial score (nSPS) is 30.0. The number of benzene rings is 1. The lowest BCUT2D eigenvalue weighted by Crippen LogP contribution is -3.18. The highest BCUT2D eigenvalue weighted by atomic mass is 35.5. The predicted molar refractivity (Wildman–Crippen MR) is 96.1 cm³/mol. The van der Waals surface area contributed by atoms with Gasteiger partial charge in [-0.15, -0.1) is 0 Å². The van der Waals surface area contributed by atoms with E-state index >= 15 is 0 Å². The number of hydrogen-bond acceptors (Lipinski definition) is 2. The first-order chi connectivity index (χ1) is 11.6. The van der Waals surface area contributed by atoms with Gasteiger partial charge >= 0.3 is 0 Å². The second kappa shape index (κ2) is 8.43. The van der Waals surface area contributed by atoms with E-state index in [4.69, 9.17) is 5.26 Å². The van der Waals surface area contributed by atoms with E-state index in [1.807, 2.05) is 12.1 Å². The summed E-state index contributed by atoms with van der Waals surface area (Å²) in [6.45, 7) is 7.34. The van der Waals surface area contributed by atoms with Crippen LogP contribution < -0.4 is 17.3 Å². The molecule has 2 bridgehead atoms. The van der Waals surface area contributed by atoms with Crippen LogP contribution >= 0.6 is 0 Å². The van der Waals surface area contributed by atoms with Crippen LogP contribution in [0.15, 0.2) is 18.2 Å². The van der Waals surface area contributed by atoms with Crippen LogP contribution in [0.1, 0.15) is 63.5 Å². The summed E-state index contributed by atoms with van der Waals surface area (Å²) < 4.78 is 0. The minimum absolute atomic E-state index is 0. The first-order valence-corrected chi connectivity index (χ1v) is 9.60. The third-order valence-electron chi connectivity index (χ3n) is 6.78. The molecule has 0 aromatic heterocycles. The van der Waals surface area contributed by atoms with Crippen molar-refractivity contribution >= 4 is 0 Å². The number of phenols is 1. The number of likely N-dealkylation sites (tertiary alicyclic amines) is 1. The first-order valence-electron chi connectivity index (χ1n) is 9.60. The fourth-order valence-electron chi connectivity index (χ4n) is 5.06. The third kappa shape index (κ3) is 3.96. The van der Waals surface area contributed by atoms with Crippen LogP contribution in [0.2, 0.25) is 0 Å². The Balaban J connectivity index is 0.00000225. The molecule has 1 aromatic rings. The Bertz CT molecular complexity index is 627. The van der Waals surface area contributed by atoms with Crippen molar-refractivity contribution in [3.8, 4) is 11.8 Å². The molecule has 1 saturated heterocycles. The van der Waals surface area contributed by atoms with E-state index in [-0.39, 0.29) is 17.8 Å². The number of unbranched alkanes of at least 4 members (excludes halogenated alkanes) is 4. The van der Waals surface area contributed by atoms with Gasteiger partial charge in [-0.2, -0.15) is 5.26 Å². The summed E-state index contributed by atoms with van der Waals surface area (Å²) in [4.78, 5) is 1.78. The Kier molecular flexibility index (Phi) is 6.77. The van der Waals surface area contributed by atoms with Crippen molar-refractivity contribution in [1.82, 2.24) is 0 Å². The van der Waals surface area contributed by atoms with Crippen molar-refractivity contribution in [3.63, 3.8) is 0 Å². The molecule has 138 valence electrons. The third-order valence-corrected chi connectivity index (χ3v) is 6.78. The van der Waals surface area contributed by atoms with Gasteiger partial charge in [-0.25, -0.2) is 0 Å². The van der Waals surface area contributed by atoms with Gasteiger partial charge in [0.05, 0.1) is 25.2 Å². The number of rotatable bonds is 6. The highest BCUT2D eigenvalue weighted by Crippen LogP contribution is 2.45. The zero-order chi connectivity index (χ0) is 17.2. The molecule has 0 radical (unpaired) electrons. The van der Waals surface area contributed by atoms with Crippen molar-refractivity contribution in [2.45, 2.75) is 70.3 Å². The topological polar surface area (TPSA) is 48.5 Å². The van der Waals surface area contributed by atoms with Gasteiger partial charge in [0.15, 0.2) is 0 Å². The summed E-state index contributed by atoms with van der Waals surface area (Å²) in [5.74, 6) is 1.07. The zero-order valence-corrected chi connectivity index (χ0v) is 16.3. The molecule has 2 N–H and O–H groups in total. The number of nitrogens with one attached hydrogen (secondary N) is 1. The van der Waals surface area contributed by atoms with E-state index in [0.717, 1.165) is 12.8 Å². The molecular weight excluding hydrogens is 332 g/mol. The number of halogens is 1. The number of fused-ring (bicyclic) bond motifs is 4. The van der Waals surface area contributed by atoms with Gasteiger partial charge in [-0.05, 0) is 42.5 Å². The Morgan fingerprint density at radius 3 is 2.80 bits per heavy atom. The van der Waals surface area contributed by atoms with Crippen LogP contribution in [0.25, 0.3) is 0 Å². The van der Waals surface area contributed by atoms with Crippen molar-refractivity contribution in [3.05, 3.63) is 29.3 Å². The minimum Gasteiger partial charge on any atom is -1.00 e. The van der Waals surface area contributed by atoms with Gasteiger partial charge in [0.25, 0.3) is 0 Å². The van der Waals surface area contributed by atoms with Gasteiger partial charge in [-0.1, -0.05) is 26.3 Å². The standard InChI is InChI=1S/C21H30N2O.ClH/c1-16-20-14-17-8-9-18(24)15-19(17)21(16,2)10-13-23(20)12-7-5-3-4-6-11-22;/h8-9,15-16,20,24H,3-7,10,12-14H2,1-2H3;1H/t16-,20-,21-;/m0./s1. The molecule has 1 fully saturated rings. The van der Waals surface area contributed by atoms with Crippen molar-refractivity contribution < 1.29 is 22.4 Å². The summed E-state index contributed by atoms with van der Waals surface area (Å²) in [5, 5.41) is 18.5. The summed E-state index contributed by atoms with van der Waals surface area (Å²) in [6, 6.07) is 8.96. The van der Waals surface area contributed by atoms with Crippen LogP contribution in [0, 0.1) is 17.2 Å². The van der Waals surface area contributed by atoms with Gasteiger partial charge in [0.2, 0.25) is 0 Å². The molecule has 1 aliphatic heterocycles. The van der Waals surface area contributed by atoms with Crippen molar-refractivity contribution in [2.75, 3.05) is 13.1 Å². The summed E-state index contributed by atoms with van der Waals surface area (Å²) >= 11 is 0. The monoisotopic (exact) mass is 362 g/mol. The number of hydrogen-bond donors (Lipinski definition) is 2. The van der Waals surface area contributed by atoms with Crippen LogP contribution in [0.4, 0.5) is 0 Å².